The number of amides is 1. The fourth-order valence-corrected chi connectivity index (χ4v) is 1.38. The normalized spacial score (nSPS) is 11.8. The molecule has 0 radical (unpaired) electrons. The van der Waals surface area contributed by atoms with E-state index in [0.29, 0.717) is 6.54 Å². The average molecular weight is 245 g/mol. The summed E-state index contributed by atoms with van der Waals surface area (Å²) in [6.45, 7) is 4.61. The van der Waals surface area contributed by atoms with Gasteiger partial charge in [-0.1, -0.05) is 31.2 Å². The zero-order valence-electron chi connectivity index (χ0n) is 10.8. The highest BCUT2D eigenvalue weighted by Gasteiger charge is 1.98. The predicted molar refractivity (Wildman–Crippen MR) is 75.1 cm³/mol. The van der Waals surface area contributed by atoms with Crippen molar-refractivity contribution in [2.75, 3.05) is 6.54 Å². The van der Waals surface area contributed by atoms with Gasteiger partial charge in [0, 0.05) is 12.6 Å². The van der Waals surface area contributed by atoms with Gasteiger partial charge in [0.1, 0.15) is 0 Å². The number of nitrogens with zero attached hydrogens (tertiary/aromatic N) is 1. The van der Waals surface area contributed by atoms with Gasteiger partial charge in [0.15, 0.2) is 5.96 Å². The molecule has 0 bridgehead atoms. The zero-order chi connectivity index (χ0) is 13.4. The Kier molecular flexibility index (Phi) is 5.64. The van der Waals surface area contributed by atoms with Gasteiger partial charge in [0.05, 0.1) is 0 Å². The highest BCUT2D eigenvalue weighted by Crippen LogP contribution is 2.08. The molecule has 4 heteroatoms. The predicted octanol–water partition coefficient (Wildman–Crippen LogP) is 1.85. The largest absolute Gasteiger partial charge is 0.370 e. The number of benzene rings is 1. The molecular formula is C14H19N3O. The third kappa shape index (κ3) is 4.82. The molecule has 0 unspecified atom stereocenters. The third-order valence-corrected chi connectivity index (χ3v) is 2.36. The zero-order valence-corrected chi connectivity index (χ0v) is 10.8. The molecule has 0 aliphatic heterocycles. The molecule has 0 spiro atoms. The van der Waals surface area contributed by atoms with Gasteiger partial charge >= 0.3 is 0 Å². The molecule has 0 saturated heterocycles. The van der Waals surface area contributed by atoms with Crippen molar-refractivity contribution in [1.29, 1.82) is 0 Å². The van der Waals surface area contributed by atoms with Crippen LogP contribution in [0.5, 0.6) is 0 Å². The summed E-state index contributed by atoms with van der Waals surface area (Å²) in [6.07, 6.45) is 4.12. The fraction of sp³-hybridized carbons (Fsp3) is 0.286. The van der Waals surface area contributed by atoms with Crippen molar-refractivity contribution in [1.82, 2.24) is 5.32 Å². The molecule has 4 nitrogen and oxygen atoms in total. The van der Waals surface area contributed by atoms with Crippen LogP contribution in [-0.2, 0) is 4.79 Å². The smallest absolute Gasteiger partial charge is 0.250 e. The van der Waals surface area contributed by atoms with E-state index in [0.717, 1.165) is 17.5 Å². The van der Waals surface area contributed by atoms with Crippen molar-refractivity contribution in [2.45, 2.75) is 20.3 Å². The van der Waals surface area contributed by atoms with Crippen LogP contribution in [0.3, 0.4) is 0 Å². The number of nitrogens with one attached hydrogen (secondary N) is 1. The van der Waals surface area contributed by atoms with Gasteiger partial charge in [-0.3, -0.25) is 15.1 Å². The number of nitrogens with two attached hydrogens (primary N) is 1. The highest BCUT2D eigenvalue weighted by molar-refractivity contribution is 6.03. The first-order chi connectivity index (χ1) is 8.63. The molecular weight excluding hydrogens is 226 g/mol. The Balaban J connectivity index is 2.58. The Morgan fingerprint density at radius 1 is 1.44 bits per heavy atom. The van der Waals surface area contributed by atoms with Gasteiger partial charge in [-0.05, 0) is 30.5 Å². The third-order valence-electron chi connectivity index (χ3n) is 2.36. The SMILES string of the molecule is CCCN=C(N)NC(=O)C=Cc1ccccc1C. The first kappa shape index (κ1) is 14.0. The minimum absolute atomic E-state index is 0.163. The average Bonchev–Trinajstić information content (AvgIpc) is 2.35. The number of aliphatic imine (C=N–C) groups is 1. The molecule has 1 aromatic carbocycles. The molecule has 0 heterocycles. The lowest BCUT2D eigenvalue weighted by molar-refractivity contribution is -0.115. The molecule has 0 atom stereocenters. The van der Waals surface area contributed by atoms with E-state index in [1.165, 1.54) is 6.08 Å². The monoisotopic (exact) mass is 245 g/mol. The van der Waals surface area contributed by atoms with Gasteiger partial charge in [-0.25, -0.2) is 0 Å². The summed E-state index contributed by atoms with van der Waals surface area (Å²) < 4.78 is 0. The Morgan fingerprint density at radius 2 is 2.17 bits per heavy atom. The number of hydrogen-bond donors (Lipinski definition) is 2. The lowest BCUT2D eigenvalue weighted by Gasteiger charge is -2.01. The molecule has 1 rings (SSSR count). The Morgan fingerprint density at radius 3 is 2.83 bits per heavy atom. The number of rotatable bonds is 4. The second kappa shape index (κ2) is 7.27. The molecule has 0 aliphatic rings. The van der Waals surface area contributed by atoms with Crippen LogP contribution in [0.4, 0.5) is 0 Å². The maximum atomic E-state index is 11.5. The Labute approximate surface area is 108 Å². The van der Waals surface area contributed by atoms with E-state index in [2.05, 4.69) is 10.3 Å². The second-order valence-electron chi connectivity index (χ2n) is 3.95. The molecule has 96 valence electrons. The van der Waals surface area contributed by atoms with Crippen LogP contribution in [0.1, 0.15) is 24.5 Å². The fourth-order valence-electron chi connectivity index (χ4n) is 1.38. The number of carbonyl (C=O) groups excluding carboxylic acids is 1. The summed E-state index contributed by atoms with van der Waals surface area (Å²) in [7, 11) is 0. The number of guanidine groups is 1. The number of aryl methyl sites for hydroxylation is 1. The maximum absolute atomic E-state index is 11.5. The summed E-state index contributed by atoms with van der Waals surface area (Å²) in [5, 5.41) is 2.51. The van der Waals surface area contributed by atoms with E-state index in [-0.39, 0.29) is 11.9 Å². The van der Waals surface area contributed by atoms with Crippen molar-refractivity contribution in [2.24, 2.45) is 10.7 Å². The van der Waals surface area contributed by atoms with Gasteiger partial charge in [0.25, 0.3) is 5.91 Å². The second-order valence-corrected chi connectivity index (χ2v) is 3.95. The van der Waals surface area contributed by atoms with Gasteiger partial charge in [0.2, 0.25) is 0 Å². The molecule has 0 saturated carbocycles. The molecule has 1 amide bonds. The molecule has 3 N–H and O–H groups in total. The first-order valence-electron chi connectivity index (χ1n) is 5.98. The summed E-state index contributed by atoms with van der Waals surface area (Å²) in [5.74, 6) is -0.105. The maximum Gasteiger partial charge on any atom is 0.250 e. The van der Waals surface area contributed by atoms with E-state index in [1.54, 1.807) is 6.08 Å². The molecule has 0 aliphatic carbocycles. The van der Waals surface area contributed by atoms with Gasteiger partial charge < -0.3 is 5.73 Å². The summed E-state index contributed by atoms with van der Waals surface area (Å²) in [4.78, 5) is 15.5. The van der Waals surface area contributed by atoms with E-state index in [9.17, 15) is 4.79 Å². The summed E-state index contributed by atoms with van der Waals surface area (Å²) in [6, 6.07) is 7.84. The van der Waals surface area contributed by atoms with Crippen molar-refractivity contribution in [3.63, 3.8) is 0 Å². The van der Waals surface area contributed by atoms with E-state index in [4.69, 9.17) is 5.73 Å². The van der Waals surface area contributed by atoms with Crippen LogP contribution >= 0.6 is 0 Å². The molecule has 0 fully saturated rings. The van der Waals surface area contributed by atoms with Crippen molar-refractivity contribution < 1.29 is 4.79 Å². The quantitative estimate of drug-likeness (QED) is 0.483. The molecule has 1 aromatic rings. The highest BCUT2D eigenvalue weighted by atomic mass is 16.1. The minimum atomic E-state index is -0.268. The van der Waals surface area contributed by atoms with Gasteiger partial charge in [-0.15, -0.1) is 0 Å². The van der Waals surface area contributed by atoms with Crippen molar-refractivity contribution >= 4 is 17.9 Å². The van der Waals surface area contributed by atoms with Crippen LogP contribution in [0.2, 0.25) is 0 Å². The van der Waals surface area contributed by atoms with Crippen LogP contribution in [0.15, 0.2) is 35.3 Å². The topological polar surface area (TPSA) is 67.5 Å². The standard InChI is InChI=1S/C14H19N3O/c1-3-10-16-14(15)17-13(18)9-8-12-7-5-4-6-11(12)2/h4-9H,3,10H2,1-2H3,(H3,15,16,17,18). The minimum Gasteiger partial charge on any atom is -0.370 e. The van der Waals surface area contributed by atoms with Crippen LogP contribution in [0, 0.1) is 6.92 Å². The lowest BCUT2D eigenvalue weighted by Crippen LogP contribution is -2.35. The van der Waals surface area contributed by atoms with Crippen LogP contribution in [0.25, 0.3) is 6.08 Å². The van der Waals surface area contributed by atoms with Crippen molar-refractivity contribution in [3.8, 4) is 0 Å². The number of carbonyl (C=O) groups is 1. The van der Waals surface area contributed by atoms with Crippen molar-refractivity contribution in [3.05, 3.63) is 41.5 Å². The van der Waals surface area contributed by atoms with E-state index >= 15 is 0 Å². The number of hydrogen-bond acceptors (Lipinski definition) is 2. The summed E-state index contributed by atoms with van der Waals surface area (Å²) >= 11 is 0. The van der Waals surface area contributed by atoms with Gasteiger partial charge in [-0.2, -0.15) is 0 Å². The summed E-state index contributed by atoms with van der Waals surface area (Å²) in [5.41, 5.74) is 7.67. The molecule has 18 heavy (non-hydrogen) atoms. The van der Waals surface area contributed by atoms with Crippen LogP contribution < -0.4 is 11.1 Å². The lowest BCUT2D eigenvalue weighted by atomic mass is 10.1. The van der Waals surface area contributed by atoms with E-state index < -0.39 is 0 Å². The Bertz CT molecular complexity index is 464. The first-order valence-corrected chi connectivity index (χ1v) is 5.98. The Hall–Kier alpha value is -2.10. The molecule has 0 aromatic heterocycles. The van der Waals surface area contributed by atoms with E-state index in [1.807, 2.05) is 38.1 Å². The van der Waals surface area contributed by atoms with Crippen LogP contribution in [-0.4, -0.2) is 18.4 Å².